The molecule has 0 radical (unpaired) electrons. The highest BCUT2D eigenvalue weighted by molar-refractivity contribution is 6.30. The van der Waals surface area contributed by atoms with Gasteiger partial charge in [0.2, 0.25) is 11.8 Å². The van der Waals surface area contributed by atoms with E-state index in [1.807, 2.05) is 42.5 Å². The van der Waals surface area contributed by atoms with Gasteiger partial charge >= 0.3 is 0 Å². The molecular weight excluding hydrogens is 328 g/mol. The summed E-state index contributed by atoms with van der Waals surface area (Å²) < 4.78 is 10.6. The third kappa shape index (κ3) is 4.36. The quantitative estimate of drug-likeness (QED) is 0.721. The molecule has 3 aromatic rings. The zero-order chi connectivity index (χ0) is 16.8. The van der Waals surface area contributed by atoms with E-state index in [1.165, 1.54) is 0 Å². The Hall–Kier alpha value is -2.79. The molecule has 3 rings (SSSR count). The summed E-state index contributed by atoms with van der Waals surface area (Å²) in [6, 6.07) is 18.2. The van der Waals surface area contributed by atoms with Gasteiger partial charge in [0.1, 0.15) is 11.4 Å². The highest BCUT2D eigenvalue weighted by atomic mass is 35.5. The lowest BCUT2D eigenvalue weighted by atomic mass is 10.1. The summed E-state index contributed by atoms with van der Waals surface area (Å²) in [5, 5.41) is 7.24. The molecule has 6 heteroatoms. The van der Waals surface area contributed by atoms with Crippen LogP contribution in [0.5, 0.6) is 5.75 Å². The number of amides is 1. The summed E-state index contributed by atoms with van der Waals surface area (Å²) in [4.78, 5) is 11.9. The first-order valence-corrected chi connectivity index (χ1v) is 7.79. The number of ether oxygens (including phenoxy) is 1. The van der Waals surface area contributed by atoms with E-state index < -0.39 is 0 Å². The van der Waals surface area contributed by atoms with Gasteiger partial charge in [-0.25, -0.2) is 0 Å². The highest BCUT2D eigenvalue weighted by Gasteiger charge is 2.10. The van der Waals surface area contributed by atoms with E-state index in [-0.39, 0.29) is 18.9 Å². The van der Waals surface area contributed by atoms with Crippen LogP contribution in [0.25, 0.3) is 11.3 Å². The Bertz CT molecular complexity index is 801. The van der Waals surface area contributed by atoms with Gasteiger partial charge in [-0.1, -0.05) is 47.1 Å². The summed E-state index contributed by atoms with van der Waals surface area (Å²) in [5.41, 5.74) is 1.48. The van der Waals surface area contributed by atoms with Crippen molar-refractivity contribution in [3.63, 3.8) is 0 Å². The van der Waals surface area contributed by atoms with Gasteiger partial charge in [0, 0.05) is 16.7 Å². The number of nitrogens with zero attached hydrogens (tertiary/aromatic N) is 1. The average molecular weight is 343 g/mol. The molecule has 1 N–H and O–H groups in total. The SMILES string of the molecule is O=C(CCOc1ccccc1)Nc1cc(-c2ccc(Cl)cc2)no1. The maximum atomic E-state index is 11.9. The number of anilines is 1. The Morgan fingerprint density at radius 2 is 1.88 bits per heavy atom. The molecular formula is C18H15ClN2O3. The second-order valence-corrected chi connectivity index (χ2v) is 5.48. The molecule has 122 valence electrons. The standard InChI is InChI=1S/C18H15ClN2O3/c19-14-8-6-13(7-9-14)16-12-18(24-21-16)20-17(22)10-11-23-15-4-2-1-3-5-15/h1-9,12H,10-11H2,(H,20,22). The van der Waals surface area contributed by atoms with Crippen LogP contribution in [-0.2, 0) is 4.79 Å². The van der Waals surface area contributed by atoms with Crippen molar-refractivity contribution >= 4 is 23.4 Å². The van der Waals surface area contributed by atoms with Crippen molar-refractivity contribution < 1.29 is 14.1 Å². The molecule has 0 fully saturated rings. The molecule has 0 atom stereocenters. The molecule has 0 aliphatic carbocycles. The van der Waals surface area contributed by atoms with E-state index in [9.17, 15) is 4.79 Å². The van der Waals surface area contributed by atoms with Crippen molar-refractivity contribution in [2.45, 2.75) is 6.42 Å². The van der Waals surface area contributed by atoms with Crippen molar-refractivity contribution in [1.29, 1.82) is 0 Å². The molecule has 0 unspecified atom stereocenters. The maximum absolute atomic E-state index is 11.9. The van der Waals surface area contributed by atoms with Gasteiger partial charge in [0.15, 0.2) is 0 Å². The molecule has 2 aromatic carbocycles. The normalized spacial score (nSPS) is 10.4. The minimum atomic E-state index is -0.204. The Balaban J connectivity index is 1.51. The summed E-state index contributed by atoms with van der Waals surface area (Å²) in [7, 11) is 0. The number of para-hydroxylation sites is 1. The topological polar surface area (TPSA) is 64.4 Å². The van der Waals surface area contributed by atoms with Gasteiger partial charge < -0.3 is 9.26 Å². The Morgan fingerprint density at radius 1 is 1.12 bits per heavy atom. The van der Waals surface area contributed by atoms with E-state index in [4.69, 9.17) is 20.9 Å². The second kappa shape index (κ2) is 7.66. The Morgan fingerprint density at radius 3 is 2.62 bits per heavy atom. The molecule has 1 amide bonds. The van der Waals surface area contributed by atoms with Gasteiger partial charge in [0.25, 0.3) is 0 Å². The summed E-state index contributed by atoms with van der Waals surface area (Å²) >= 11 is 5.85. The molecule has 0 spiro atoms. The van der Waals surface area contributed by atoms with E-state index in [0.717, 1.165) is 11.3 Å². The van der Waals surface area contributed by atoms with Crippen molar-refractivity contribution in [2.24, 2.45) is 0 Å². The molecule has 24 heavy (non-hydrogen) atoms. The first-order valence-electron chi connectivity index (χ1n) is 7.41. The fourth-order valence-corrected chi connectivity index (χ4v) is 2.20. The molecule has 0 saturated carbocycles. The largest absolute Gasteiger partial charge is 0.493 e. The number of carbonyl (C=O) groups excluding carboxylic acids is 1. The first kappa shape index (κ1) is 16.1. The molecule has 0 saturated heterocycles. The summed E-state index contributed by atoms with van der Waals surface area (Å²) in [6.45, 7) is 0.286. The number of benzene rings is 2. The van der Waals surface area contributed by atoms with Gasteiger partial charge in [-0.3, -0.25) is 10.1 Å². The fourth-order valence-electron chi connectivity index (χ4n) is 2.07. The van der Waals surface area contributed by atoms with Crippen LogP contribution in [0.2, 0.25) is 5.02 Å². The molecule has 1 heterocycles. The first-order chi connectivity index (χ1) is 11.7. The lowest BCUT2D eigenvalue weighted by Gasteiger charge is -2.05. The van der Waals surface area contributed by atoms with Crippen LogP contribution in [0.4, 0.5) is 5.88 Å². The average Bonchev–Trinajstić information content (AvgIpc) is 3.05. The van der Waals surface area contributed by atoms with Gasteiger partial charge in [0.05, 0.1) is 13.0 Å². The van der Waals surface area contributed by atoms with E-state index in [0.29, 0.717) is 16.6 Å². The minimum Gasteiger partial charge on any atom is -0.493 e. The number of hydrogen-bond donors (Lipinski definition) is 1. The van der Waals surface area contributed by atoms with Crippen LogP contribution in [0.1, 0.15) is 6.42 Å². The van der Waals surface area contributed by atoms with Crippen LogP contribution >= 0.6 is 11.6 Å². The van der Waals surface area contributed by atoms with Crippen molar-refractivity contribution in [1.82, 2.24) is 5.16 Å². The number of rotatable bonds is 6. The zero-order valence-corrected chi connectivity index (χ0v) is 13.5. The van der Waals surface area contributed by atoms with E-state index >= 15 is 0 Å². The summed E-state index contributed by atoms with van der Waals surface area (Å²) in [5.74, 6) is 0.824. The van der Waals surface area contributed by atoms with E-state index in [2.05, 4.69) is 10.5 Å². The maximum Gasteiger partial charge on any atom is 0.231 e. The van der Waals surface area contributed by atoms with Gasteiger partial charge in [-0.05, 0) is 24.3 Å². The number of nitrogens with one attached hydrogen (secondary N) is 1. The van der Waals surface area contributed by atoms with Crippen molar-refractivity contribution in [2.75, 3.05) is 11.9 Å². The number of halogens is 1. The lowest BCUT2D eigenvalue weighted by Crippen LogP contribution is -2.14. The number of aromatic nitrogens is 1. The monoisotopic (exact) mass is 342 g/mol. The van der Waals surface area contributed by atoms with Gasteiger partial charge in [-0.2, -0.15) is 0 Å². The van der Waals surface area contributed by atoms with Crippen LogP contribution in [-0.4, -0.2) is 17.7 Å². The summed E-state index contributed by atoms with van der Waals surface area (Å²) in [6.07, 6.45) is 0.214. The molecule has 1 aromatic heterocycles. The second-order valence-electron chi connectivity index (χ2n) is 5.04. The molecule has 0 aliphatic heterocycles. The third-order valence-corrected chi connectivity index (χ3v) is 3.51. The van der Waals surface area contributed by atoms with Crippen LogP contribution < -0.4 is 10.1 Å². The zero-order valence-electron chi connectivity index (χ0n) is 12.7. The van der Waals surface area contributed by atoms with E-state index in [1.54, 1.807) is 18.2 Å². The van der Waals surface area contributed by atoms with Crippen molar-refractivity contribution in [3.05, 3.63) is 65.7 Å². The molecule has 5 nitrogen and oxygen atoms in total. The molecule has 0 aliphatic rings. The Kier molecular flexibility index (Phi) is 5.13. The van der Waals surface area contributed by atoms with Gasteiger partial charge in [-0.15, -0.1) is 0 Å². The number of carbonyl (C=O) groups is 1. The number of hydrogen-bond acceptors (Lipinski definition) is 4. The molecule has 0 bridgehead atoms. The highest BCUT2D eigenvalue weighted by Crippen LogP contribution is 2.23. The van der Waals surface area contributed by atoms with Crippen molar-refractivity contribution in [3.8, 4) is 17.0 Å². The fraction of sp³-hybridized carbons (Fsp3) is 0.111. The third-order valence-electron chi connectivity index (χ3n) is 3.25. The Labute approximate surface area is 144 Å². The predicted octanol–water partition coefficient (Wildman–Crippen LogP) is 4.40. The van der Waals surface area contributed by atoms with Crippen LogP contribution in [0.15, 0.2) is 65.2 Å². The lowest BCUT2D eigenvalue weighted by molar-refractivity contribution is -0.116. The minimum absolute atomic E-state index is 0.204. The van der Waals surface area contributed by atoms with Crippen LogP contribution in [0.3, 0.4) is 0 Å². The smallest absolute Gasteiger partial charge is 0.231 e. The predicted molar refractivity (Wildman–Crippen MR) is 92.1 cm³/mol. The van der Waals surface area contributed by atoms with Crippen LogP contribution in [0, 0.1) is 0 Å².